The van der Waals surface area contributed by atoms with E-state index in [1.54, 1.807) is 0 Å². The predicted molar refractivity (Wildman–Crippen MR) is 82.6 cm³/mol. The van der Waals surface area contributed by atoms with Crippen LogP contribution in [-0.2, 0) is 9.53 Å². The van der Waals surface area contributed by atoms with Crippen LogP contribution in [0.3, 0.4) is 0 Å². The molecule has 0 amide bonds. The number of cyclic esters (lactones) is 1. The zero-order valence-corrected chi connectivity index (χ0v) is 13.8. The van der Waals surface area contributed by atoms with Crippen molar-refractivity contribution in [3.8, 4) is 0 Å². The standard InChI is InChI=1S/C17H21BrO2/c1-16(2)12-9-10-17(16,3)15(19)20-14(12)13(18)11-7-5-4-6-8-11/h4-8,12-14H,9-10H2,1-3H3/t12-,13-,14+,17+/m1/s1. The van der Waals surface area contributed by atoms with Crippen molar-refractivity contribution in [2.45, 2.75) is 44.5 Å². The SMILES string of the molecule is CC1(C)[C@@H]2CC[C@@]1(C)C(=O)O[C@@H]2[C@H](Br)c1ccccc1. The minimum Gasteiger partial charge on any atom is -0.460 e. The molecule has 1 aromatic rings. The fourth-order valence-electron chi connectivity index (χ4n) is 3.90. The number of rotatable bonds is 2. The van der Waals surface area contributed by atoms with Gasteiger partial charge in [0.2, 0.25) is 0 Å². The van der Waals surface area contributed by atoms with E-state index in [0.717, 1.165) is 12.8 Å². The van der Waals surface area contributed by atoms with Crippen molar-refractivity contribution in [3.05, 3.63) is 35.9 Å². The highest BCUT2D eigenvalue weighted by molar-refractivity contribution is 9.09. The van der Waals surface area contributed by atoms with Crippen molar-refractivity contribution in [1.29, 1.82) is 0 Å². The first kappa shape index (κ1) is 14.1. The van der Waals surface area contributed by atoms with E-state index in [1.807, 2.05) is 18.2 Å². The molecule has 0 unspecified atom stereocenters. The highest BCUT2D eigenvalue weighted by Gasteiger charge is 2.64. The Morgan fingerprint density at radius 1 is 1.25 bits per heavy atom. The lowest BCUT2D eigenvalue weighted by molar-refractivity contribution is -0.186. The van der Waals surface area contributed by atoms with Crippen molar-refractivity contribution >= 4 is 21.9 Å². The van der Waals surface area contributed by atoms with E-state index in [9.17, 15) is 4.79 Å². The van der Waals surface area contributed by atoms with E-state index in [0.29, 0.717) is 5.92 Å². The smallest absolute Gasteiger partial charge is 0.312 e. The van der Waals surface area contributed by atoms with Crippen LogP contribution in [0.25, 0.3) is 0 Å². The quantitative estimate of drug-likeness (QED) is 0.587. The van der Waals surface area contributed by atoms with Gasteiger partial charge in [-0.15, -0.1) is 0 Å². The average Bonchev–Trinajstić information content (AvgIpc) is 2.58. The van der Waals surface area contributed by atoms with E-state index in [-0.39, 0.29) is 27.7 Å². The minimum absolute atomic E-state index is 0.00615. The number of fused-ring (bicyclic) bond motifs is 2. The highest BCUT2D eigenvalue weighted by atomic mass is 79.9. The summed E-state index contributed by atoms with van der Waals surface area (Å²) in [6.07, 6.45) is 1.93. The first-order chi connectivity index (χ1) is 9.38. The van der Waals surface area contributed by atoms with E-state index in [1.165, 1.54) is 5.56 Å². The maximum Gasteiger partial charge on any atom is 0.312 e. The molecule has 4 atom stereocenters. The van der Waals surface area contributed by atoms with Crippen LogP contribution in [0.4, 0.5) is 0 Å². The van der Waals surface area contributed by atoms with Gasteiger partial charge in [-0.25, -0.2) is 0 Å². The molecule has 1 saturated heterocycles. The third kappa shape index (κ3) is 1.78. The van der Waals surface area contributed by atoms with Gasteiger partial charge >= 0.3 is 5.97 Å². The van der Waals surface area contributed by atoms with Crippen LogP contribution in [0.2, 0.25) is 0 Å². The van der Waals surface area contributed by atoms with Crippen molar-refractivity contribution in [3.63, 3.8) is 0 Å². The molecule has 1 saturated carbocycles. The molecule has 1 aliphatic carbocycles. The number of hydrogen-bond acceptors (Lipinski definition) is 2. The monoisotopic (exact) mass is 336 g/mol. The van der Waals surface area contributed by atoms with Crippen LogP contribution in [-0.4, -0.2) is 12.1 Å². The van der Waals surface area contributed by atoms with E-state index in [2.05, 4.69) is 48.8 Å². The molecule has 1 heterocycles. The van der Waals surface area contributed by atoms with E-state index in [4.69, 9.17) is 4.74 Å². The molecular weight excluding hydrogens is 316 g/mol. The Morgan fingerprint density at radius 3 is 2.55 bits per heavy atom. The van der Waals surface area contributed by atoms with Gasteiger partial charge in [0.15, 0.2) is 0 Å². The van der Waals surface area contributed by atoms with Crippen LogP contribution in [0.5, 0.6) is 0 Å². The highest BCUT2D eigenvalue weighted by Crippen LogP contribution is 2.62. The van der Waals surface area contributed by atoms with Crippen LogP contribution < -0.4 is 0 Å². The molecule has 2 aliphatic rings. The second kappa shape index (κ2) is 4.59. The molecular formula is C17H21BrO2. The van der Waals surface area contributed by atoms with Crippen LogP contribution in [0.15, 0.2) is 30.3 Å². The summed E-state index contributed by atoms with van der Waals surface area (Å²) in [6.45, 7) is 6.52. The molecule has 0 radical (unpaired) electrons. The number of carbonyl (C=O) groups is 1. The number of alkyl halides is 1. The Hall–Kier alpha value is -0.830. The van der Waals surface area contributed by atoms with Gasteiger partial charge in [-0.1, -0.05) is 60.1 Å². The molecule has 2 fully saturated rings. The van der Waals surface area contributed by atoms with Crippen LogP contribution >= 0.6 is 15.9 Å². The van der Waals surface area contributed by atoms with Gasteiger partial charge < -0.3 is 4.74 Å². The number of benzene rings is 1. The summed E-state index contributed by atoms with van der Waals surface area (Å²) in [6, 6.07) is 10.2. The molecule has 2 bridgehead atoms. The van der Waals surface area contributed by atoms with Gasteiger partial charge in [0.25, 0.3) is 0 Å². The first-order valence-electron chi connectivity index (χ1n) is 7.28. The second-order valence-electron chi connectivity index (χ2n) is 6.88. The summed E-state index contributed by atoms with van der Waals surface area (Å²) < 4.78 is 5.84. The second-order valence-corrected chi connectivity index (χ2v) is 7.87. The third-order valence-electron chi connectivity index (χ3n) is 5.80. The summed E-state index contributed by atoms with van der Waals surface area (Å²) in [5, 5.41) is 0. The van der Waals surface area contributed by atoms with Gasteiger partial charge in [0, 0.05) is 5.92 Å². The largest absolute Gasteiger partial charge is 0.460 e. The Bertz CT molecular complexity index is 525. The topological polar surface area (TPSA) is 26.3 Å². The Kier molecular flexibility index (Phi) is 3.24. The molecule has 0 N–H and O–H groups in total. The number of halogens is 1. The summed E-state index contributed by atoms with van der Waals surface area (Å²) in [7, 11) is 0. The van der Waals surface area contributed by atoms with Gasteiger partial charge in [-0.05, 0) is 30.7 Å². The lowest BCUT2D eigenvalue weighted by Crippen LogP contribution is -2.52. The van der Waals surface area contributed by atoms with Crippen LogP contribution in [0, 0.1) is 16.7 Å². The number of carbonyl (C=O) groups excluding carboxylic acids is 1. The number of hydrogen-bond donors (Lipinski definition) is 0. The Balaban J connectivity index is 1.95. The minimum atomic E-state index is -0.322. The summed E-state index contributed by atoms with van der Waals surface area (Å²) >= 11 is 3.77. The molecule has 20 heavy (non-hydrogen) atoms. The molecule has 1 aromatic carbocycles. The maximum atomic E-state index is 12.5. The van der Waals surface area contributed by atoms with Gasteiger partial charge in [-0.3, -0.25) is 4.79 Å². The Morgan fingerprint density at radius 2 is 1.90 bits per heavy atom. The normalized spacial score (nSPS) is 36.5. The Labute approximate surface area is 129 Å². The van der Waals surface area contributed by atoms with Crippen molar-refractivity contribution < 1.29 is 9.53 Å². The van der Waals surface area contributed by atoms with E-state index < -0.39 is 0 Å². The molecule has 0 spiro atoms. The van der Waals surface area contributed by atoms with Gasteiger partial charge in [0.05, 0.1) is 10.2 Å². The fourth-order valence-corrected chi connectivity index (χ4v) is 4.68. The molecule has 0 aromatic heterocycles. The zero-order valence-electron chi connectivity index (χ0n) is 12.2. The molecule has 1 aliphatic heterocycles. The van der Waals surface area contributed by atoms with Crippen molar-refractivity contribution in [2.24, 2.45) is 16.7 Å². The molecule has 108 valence electrons. The predicted octanol–water partition coefficient (Wildman–Crippen LogP) is 4.49. The lowest BCUT2D eigenvalue weighted by atomic mass is 9.62. The summed E-state index contributed by atoms with van der Waals surface area (Å²) in [5.41, 5.74) is 0.849. The van der Waals surface area contributed by atoms with Crippen molar-refractivity contribution in [1.82, 2.24) is 0 Å². The van der Waals surface area contributed by atoms with Crippen molar-refractivity contribution in [2.75, 3.05) is 0 Å². The summed E-state index contributed by atoms with van der Waals surface area (Å²) in [4.78, 5) is 12.6. The summed E-state index contributed by atoms with van der Waals surface area (Å²) in [5.74, 6) is 0.386. The molecule has 3 rings (SSSR count). The fraction of sp³-hybridized carbons (Fsp3) is 0.588. The maximum absolute atomic E-state index is 12.5. The van der Waals surface area contributed by atoms with E-state index >= 15 is 0 Å². The molecule has 3 heteroatoms. The first-order valence-corrected chi connectivity index (χ1v) is 8.19. The zero-order chi connectivity index (χ0) is 14.5. The number of esters is 1. The van der Waals surface area contributed by atoms with Gasteiger partial charge in [0.1, 0.15) is 6.10 Å². The average molecular weight is 337 g/mol. The van der Waals surface area contributed by atoms with Crippen LogP contribution in [0.1, 0.15) is 44.0 Å². The number of ether oxygens (including phenoxy) is 1. The molecule has 2 nitrogen and oxygen atoms in total. The third-order valence-corrected chi connectivity index (χ3v) is 6.85. The lowest BCUT2D eigenvalue weighted by Gasteiger charge is -2.48. The van der Waals surface area contributed by atoms with Gasteiger partial charge in [-0.2, -0.15) is 0 Å².